The molecule has 1 nitrogen and oxygen atoms in total. The first kappa shape index (κ1) is 13.0. The summed E-state index contributed by atoms with van der Waals surface area (Å²) in [6, 6.07) is 0.813. The Morgan fingerprint density at radius 1 is 0.867 bits per heavy atom. The van der Waals surface area contributed by atoms with Crippen LogP contribution in [0.15, 0.2) is 0 Å². The molecule has 0 saturated heterocycles. The summed E-state index contributed by atoms with van der Waals surface area (Å²) in [6.45, 7) is 11.8. The summed E-state index contributed by atoms with van der Waals surface area (Å²) in [4.78, 5) is 2.63. The fourth-order valence-corrected chi connectivity index (χ4v) is 2.45. The Hall–Kier alpha value is -0.0400. The fourth-order valence-electron chi connectivity index (χ4n) is 2.45. The van der Waals surface area contributed by atoms with Crippen LogP contribution in [-0.2, 0) is 0 Å². The van der Waals surface area contributed by atoms with E-state index in [-0.39, 0.29) is 5.54 Å². The number of hydrogen-bond donors (Lipinski definition) is 0. The van der Waals surface area contributed by atoms with Gasteiger partial charge in [-0.25, -0.2) is 0 Å². The van der Waals surface area contributed by atoms with E-state index >= 15 is 0 Å². The van der Waals surface area contributed by atoms with Gasteiger partial charge in [-0.2, -0.15) is 0 Å². The third-order valence-electron chi connectivity index (χ3n) is 4.84. The standard InChI is InChI=1S/C14H29N/c1-13(2,3)14(4,5)15(6)12-10-8-7-9-11-12/h12H,7-11H2,1-6H3. The van der Waals surface area contributed by atoms with Gasteiger partial charge in [0.2, 0.25) is 0 Å². The smallest absolute Gasteiger partial charge is 0.0201 e. The maximum atomic E-state index is 2.63. The van der Waals surface area contributed by atoms with Crippen molar-refractivity contribution in [1.29, 1.82) is 0 Å². The molecule has 0 aromatic heterocycles. The molecule has 1 aliphatic carbocycles. The molecular weight excluding hydrogens is 182 g/mol. The zero-order chi connectivity index (χ0) is 11.7. The monoisotopic (exact) mass is 211 g/mol. The molecule has 90 valence electrons. The van der Waals surface area contributed by atoms with E-state index in [1.54, 1.807) is 0 Å². The Labute approximate surface area is 96.2 Å². The van der Waals surface area contributed by atoms with Crippen molar-refractivity contribution in [3.8, 4) is 0 Å². The second-order valence-electron chi connectivity index (χ2n) is 6.71. The predicted molar refractivity (Wildman–Crippen MR) is 68.2 cm³/mol. The number of nitrogens with zero attached hydrogens (tertiary/aromatic N) is 1. The van der Waals surface area contributed by atoms with Crippen molar-refractivity contribution in [3.63, 3.8) is 0 Å². The van der Waals surface area contributed by atoms with Gasteiger partial charge in [0.25, 0.3) is 0 Å². The van der Waals surface area contributed by atoms with Crippen LogP contribution in [0.5, 0.6) is 0 Å². The van der Waals surface area contributed by atoms with Gasteiger partial charge in [0.15, 0.2) is 0 Å². The van der Waals surface area contributed by atoms with Crippen LogP contribution in [0, 0.1) is 5.41 Å². The van der Waals surface area contributed by atoms with Crippen molar-refractivity contribution in [3.05, 3.63) is 0 Å². The topological polar surface area (TPSA) is 3.24 Å². The highest BCUT2D eigenvalue weighted by Gasteiger charge is 2.39. The molecule has 0 aromatic rings. The third-order valence-corrected chi connectivity index (χ3v) is 4.84. The van der Waals surface area contributed by atoms with Crippen LogP contribution in [-0.4, -0.2) is 23.5 Å². The number of hydrogen-bond acceptors (Lipinski definition) is 1. The maximum absolute atomic E-state index is 2.63. The predicted octanol–water partition coefficient (Wildman–Crippen LogP) is 4.08. The molecule has 1 fully saturated rings. The van der Waals surface area contributed by atoms with Crippen LogP contribution in [0.3, 0.4) is 0 Å². The van der Waals surface area contributed by atoms with Crippen LogP contribution >= 0.6 is 0 Å². The molecule has 1 aliphatic rings. The van der Waals surface area contributed by atoms with Crippen LogP contribution in [0.1, 0.15) is 66.7 Å². The highest BCUT2D eigenvalue weighted by Crippen LogP contribution is 2.37. The van der Waals surface area contributed by atoms with E-state index < -0.39 is 0 Å². The van der Waals surface area contributed by atoms with E-state index in [9.17, 15) is 0 Å². The van der Waals surface area contributed by atoms with Crippen molar-refractivity contribution in [2.45, 2.75) is 78.3 Å². The normalized spacial score (nSPS) is 21.0. The lowest BCUT2D eigenvalue weighted by Crippen LogP contribution is -2.55. The van der Waals surface area contributed by atoms with E-state index in [2.05, 4.69) is 46.6 Å². The summed E-state index contributed by atoms with van der Waals surface area (Å²) in [7, 11) is 2.32. The third kappa shape index (κ3) is 2.75. The van der Waals surface area contributed by atoms with Crippen molar-refractivity contribution < 1.29 is 0 Å². The van der Waals surface area contributed by atoms with Crippen molar-refractivity contribution in [2.24, 2.45) is 5.41 Å². The minimum atomic E-state index is 0.287. The fraction of sp³-hybridized carbons (Fsp3) is 1.00. The summed E-state index contributed by atoms with van der Waals surface area (Å²) >= 11 is 0. The average molecular weight is 211 g/mol. The minimum absolute atomic E-state index is 0.287. The van der Waals surface area contributed by atoms with E-state index in [1.807, 2.05) is 0 Å². The van der Waals surface area contributed by atoms with Gasteiger partial charge < -0.3 is 0 Å². The molecule has 0 aromatic carbocycles. The van der Waals surface area contributed by atoms with Crippen LogP contribution in [0.4, 0.5) is 0 Å². The van der Waals surface area contributed by atoms with E-state index in [0.29, 0.717) is 5.41 Å². The van der Waals surface area contributed by atoms with Gasteiger partial charge in [-0.15, -0.1) is 0 Å². The Balaban J connectivity index is 2.69. The quantitative estimate of drug-likeness (QED) is 0.665. The van der Waals surface area contributed by atoms with Gasteiger partial charge >= 0.3 is 0 Å². The molecule has 0 spiro atoms. The Morgan fingerprint density at radius 2 is 1.33 bits per heavy atom. The van der Waals surface area contributed by atoms with Crippen molar-refractivity contribution in [2.75, 3.05) is 7.05 Å². The van der Waals surface area contributed by atoms with E-state index in [1.165, 1.54) is 32.1 Å². The van der Waals surface area contributed by atoms with Gasteiger partial charge in [0, 0.05) is 11.6 Å². The molecule has 0 radical (unpaired) electrons. The van der Waals surface area contributed by atoms with Gasteiger partial charge in [0.1, 0.15) is 0 Å². The molecule has 1 saturated carbocycles. The van der Waals surface area contributed by atoms with Gasteiger partial charge in [0.05, 0.1) is 0 Å². The Morgan fingerprint density at radius 3 is 1.73 bits per heavy atom. The Bertz CT molecular complexity index is 194. The van der Waals surface area contributed by atoms with E-state index in [0.717, 1.165) is 6.04 Å². The summed E-state index contributed by atoms with van der Waals surface area (Å²) in [5.74, 6) is 0. The maximum Gasteiger partial charge on any atom is 0.0201 e. The highest BCUT2D eigenvalue weighted by atomic mass is 15.2. The lowest BCUT2D eigenvalue weighted by atomic mass is 9.74. The minimum Gasteiger partial charge on any atom is -0.298 e. The first-order valence-electron chi connectivity index (χ1n) is 6.50. The molecule has 0 atom stereocenters. The lowest BCUT2D eigenvalue weighted by molar-refractivity contribution is -0.000930. The molecule has 0 unspecified atom stereocenters. The summed E-state index contributed by atoms with van der Waals surface area (Å²) in [6.07, 6.45) is 7.09. The van der Waals surface area contributed by atoms with Gasteiger partial charge in [-0.3, -0.25) is 4.90 Å². The molecule has 0 amide bonds. The first-order valence-corrected chi connectivity index (χ1v) is 6.50. The highest BCUT2D eigenvalue weighted by molar-refractivity contribution is 4.94. The molecule has 0 aliphatic heterocycles. The van der Waals surface area contributed by atoms with Crippen LogP contribution in [0.2, 0.25) is 0 Å². The molecule has 0 N–H and O–H groups in total. The molecule has 0 bridgehead atoms. The number of rotatable bonds is 2. The molecule has 0 heterocycles. The largest absolute Gasteiger partial charge is 0.298 e. The molecule has 1 rings (SSSR count). The van der Waals surface area contributed by atoms with Crippen molar-refractivity contribution >= 4 is 0 Å². The summed E-state index contributed by atoms with van der Waals surface area (Å²) < 4.78 is 0. The van der Waals surface area contributed by atoms with E-state index in [4.69, 9.17) is 0 Å². The second-order valence-corrected chi connectivity index (χ2v) is 6.71. The molecule has 1 heteroatoms. The average Bonchev–Trinajstić information content (AvgIpc) is 2.16. The summed E-state index contributed by atoms with van der Waals surface area (Å²) in [5.41, 5.74) is 0.633. The molecule has 15 heavy (non-hydrogen) atoms. The van der Waals surface area contributed by atoms with Gasteiger partial charge in [-0.1, -0.05) is 40.0 Å². The van der Waals surface area contributed by atoms with Gasteiger partial charge in [-0.05, 0) is 39.2 Å². The van der Waals surface area contributed by atoms with Crippen LogP contribution < -0.4 is 0 Å². The first-order chi connectivity index (χ1) is 6.77. The second kappa shape index (κ2) is 4.45. The van der Waals surface area contributed by atoms with Crippen LogP contribution in [0.25, 0.3) is 0 Å². The Kier molecular flexibility index (Phi) is 3.86. The SMILES string of the molecule is CN(C1CCCCC1)C(C)(C)C(C)(C)C. The summed E-state index contributed by atoms with van der Waals surface area (Å²) in [5, 5.41) is 0. The zero-order valence-corrected chi connectivity index (χ0v) is 11.6. The molecular formula is C14H29N. The lowest BCUT2D eigenvalue weighted by Gasteiger charge is -2.50. The van der Waals surface area contributed by atoms with Crippen molar-refractivity contribution in [1.82, 2.24) is 4.90 Å². The zero-order valence-electron chi connectivity index (χ0n) is 11.6.